The van der Waals surface area contributed by atoms with Gasteiger partial charge in [-0.05, 0) is 80.4 Å². The lowest BCUT2D eigenvalue weighted by Gasteiger charge is -2.39. The normalized spacial score (nSPS) is 19.5. The number of hydrazone groups is 2. The standard InChI is InChI=1S/C47H50Cl2F2N18O2/c1-29-6-8-58-68(29)38-18-30(48)16-36(20-38)60-34-4-2-33(52-22-34)25-57-65-47-55-27-41(51)45(63-47)67-12-15-71-43(28-67)42-7-9-59-69(42)39-19-31(49)17-37(21-39)61-35-5-3-32(53-23-35)24-56-64-46-54-26-40(50)44(62-46)66-10-13-70-14-11-66/h2-5,16-27,29,42-43,58-61H,6-15,28H2,1H3,(H,54,62,64)(H,55,63,65)/b56-24+,57-25+. The second-order valence-corrected chi connectivity index (χ2v) is 17.9. The largest absolute Gasteiger partial charge is 0.378 e. The summed E-state index contributed by atoms with van der Waals surface area (Å²) in [5.74, 6) is -0.430. The molecule has 4 fully saturated rings. The summed E-state index contributed by atoms with van der Waals surface area (Å²) < 4.78 is 41.6. The molecule has 4 aliphatic heterocycles. The molecular formula is C47H50Cl2F2N18O2. The van der Waals surface area contributed by atoms with E-state index in [1.165, 1.54) is 12.4 Å². The quantitative estimate of drug-likeness (QED) is 0.0455. The number of pyridine rings is 2. The summed E-state index contributed by atoms with van der Waals surface area (Å²) in [4.78, 5) is 29.6. The average molecular weight is 1010 g/mol. The SMILES string of the molecule is CC1CCNN1c1cc(Cl)cc(Nc2ccc(/C=N/Nc3ncc(F)c(N4CCOC(C5CCNN5c5cc(Cl)cc(Nc6ccc(/C=N/Nc7ncc(F)c(N8CCOCC8)n7)nc6)c5)C4)n3)nc2)c1. The van der Waals surface area contributed by atoms with E-state index in [4.69, 9.17) is 32.7 Å². The monoisotopic (exact) mass is 1010 g/mol. The number of nitrogens with one attached hydrogen (secondary N) is 6. The van der Waals surface area contributed by atoms with Crippen LogP contribution in [0.1, 0.15) is 31.2 Å². The lowest BCUT2D eigenvalue weighted by Crippen LogP contribution is -2.53. The van der Waals surface area contributed by atoms with E-state index in [-0.39, 0.29) is 35.7 Å². The molecule has 0 saturated carbocycles. The summed E-state index contributed by atoms with van der Waals surface area (Å²) in [6.45, 7) is 7.05. The Morgan fingerprint density at radius 1 is 0.648 bits per heavy atom. The van der Waals surface area contributed by atoms with Gasteiger partial charge in [0.05, 0.1) is 103 Å². The van der Waals surface area contributed by atoms with E-state index >= 15 is 4.39 Å². The zero-order valence-corrected chi connectivity index (χ0v) is 40.0. The van der Waals surface area contributed by atoms with E-state index < -0.39 is 11.6 Å². The van der Waals surface area contributed by atoms with Crippen molar-refractivity contribution in [2.45, 2.75) is 38.0 Å². The third-order valence-electron chi connectivity index (χ3n) is 12.1. The molecule has 20 nitrogen and oxygen atoms in total. The molecular weight excluding hydrogens is 958 g/mol. The maximum absolute atomic E-state index is 15.4. The van der Waals surface area contributed by atoms with E-state index in [1.54, 1.807) is 18.5 Å². The van der Waals surface area contributed by atoms with Crippen molar-refractivity contribution in [3.8, 4) is 0 Å². The van der Waals surface area contributed by atoms with Crippen LogP contribution in [0.15, 0.2) is 95.7 Å². The van der Waals surface area contributed by atoms with Gasteiger partial charge < -0.3 is 39.9 Å². The first-order chi connectivity index (χ1) is 34.7. The number of morpholine rings is 2. The third kappa shape index (κ3) is 11.8. The fourth-order valence-corrected chi connectivity index (χ4v) is 9.17. The Balaban J connectivity index is 0.735. The topological polar surface area (TPSA) is 206 Å². The Labute approximate surface area is 417 Å². The van der Waals surface area contributed by atoms with Crippen molar-refractivity contribution in [2.24, 2.45) is 10.2 Å². The molecule has 0 amide bonds. The van der Waals surface area contributed by atoms with Crippen LogP contribution in [0.4, 0.5) is 66.4 Å². The van der Waals surface area contributed by atoms with Crippen molar-refractivity contribution in [2.75, 3.05) is 100 Å². The highest BCUT2D eigenvalue weighted by atomic mass is 35.5. The minimum absolute atomic E-state index is 0.107. The molecule has 6 aromatic rings. The highest BCUT2D eigenvalue weighted by Crippen LogP contribution is 2.33. The maximum atomic E-state index is 15.4. The summed E-state index contributed by atoms with van der Waals surface area (Å²) in [7, 11) is 0. The van der Waals surface area contributed by atoms with Gasteiger partial charge in [-0.2, -0.15) is 20.2 Å². The first-order valence-corrected chi connectivity index (χ1v) is 23.9. The van der Waals surface area contributed by atoms with E-state index in [9.17, 15) is 4.39 Å². The van der Waals surface area contributed by atoms with Crippen LogP contribution >= 0.6 is 23.2 Å². The Morgan fingerprint density at radius 3 is 1.76 bits per heavy atom. The number of hydrazine groups is 2. The summed E-state index contributed by atoms with van der Waals surface area (Å²) in [5, 5.41) is 20.6. The first-order valence-electron chi connectivity index (χ1n) is 23.1. The van der Waals surface area contributed by atoms with E-state index in [0.717, 1.165) is 65.9 Å². The van der Waals surface area contributed by atoms with Gasteiger partial charge >= 0.3 is 0 Å². The molecule has 4 aliphatic rings. The average Bonchev–Trinajstić information content (AvgIpc) is 4.06. The predicted molar refractivity (Wildman–Crippen MR) is 273 cm³/mol. The number of rotatable bonds is 15. The Morgan fingerprint density at radius 2 is 1.20 bits per heavy atom. The molecule has 8 heterocycles. The number of ether oxygens (including phenoxy) is 2. The van der Waals surface area contributed by atoms with Gasteiger partial charge in [-0.3, -0.25) is 9.97 Å². The Kier molecular flexibility index (Phi) is 14.7. The van der Waals surface area contributed by atoms with E-state index in [1.807, 2.05) is 64.4 Å². The van der Waals surface area contributed by atoms with E-state index in [2.05, 4.69) is 89.4 Å². The number of nitrogens with zero attached hydrogens (tertiary/aromatic N) is 12. The number of halogens is 4. The van der Waals surface area contributed by atoms with Gasteiger partial charge in [-0.1, -0.05) is 23.2 Å². The Bertz CT molecular complexity index is 2860. The molecule has 10 rings (SSSR count). The molecule has 0 aliphatic carbocycles. The molecule has 4 aromatic heterocycles. The van der Waals surface area contributed by atoms with Gasteiger partial charge in [0.25, 0.3) is 0 Å². The van der Waals surface area contributed by atoms with Gasteiger partial charge in [-0.25, -0.2) is 40.5 Å². The number of aromatic nitrogens is 6. The van der Waals surface area contributed by atoms with Crippen molar-refractivity contribution >= 4 is 93.3 Å². The molecule has 3 atom stereocenters. The molecule has 6 N–H and O–H groups in total. The van der Waals surface area contributed by atoms with Gasteiger partial charge in [-0.15, -0.1) is 0 Å². The zero-order valence-electron chi connectivity index (χ0n) is 38.4. The van der Waals surface area contributed by atoms with Crippen LogP contribution in [-0.2, 0) is 9.47 Å². The van der Waals surface area contributed by atoms with Crippen LogP contribution in [0.2, 0.25) is 10.0 Å². The summed E-state index contributed by atoms with van der Waals surface area (Å²) in [6, 6.07) is 19.2. The van der Waals surface area contributed by atoms with Crippen LogP contribution in [0.25, 0.3) is 0 Å². The molecule has 4 saturated heterocycles. The Hall–Kier alpha value is -7.08. The molecule has 368 valence electrons. The minimum atomic E-state index is -0.556. The molecule has 0 radical (unpaired) electrons. The maximum Gasteiger partial charge on any atom is 0.245 e. The van der Waals surface area contributed by atoms with Crippen LogP contribution in [0.5, 0.6) is 0 Å². The molecule has 0 bridgehead atoms. The zero-order chi connectivity index (χ0) is 48.7. The number of hydrogen-bond donors (Lipinski definition) is 6. The van der Waals surface area contributed by atoms with Gasteiger partial charge in [0, 0.05) is 66.7 Å². The second kappa shape index (κ2) is 21.9. The smallest absolute Gasteiger partial charge is 0.245 e. The van der Waals surface area contributed by atoms with Crippen molar-refractivity contribution < 1.29 is 18.3 Å². The fraction of sp³-hybridized carbons (Fsp3) is 0.319. The molecule has 24 heteroatoms. The van der Waals surface area contributed by atoms with E-state index in [0.29, 0.717) is 80.0 Å². The minimum Gasteiger partial charge on any atom is -0.378 e. The van der Waals surface area contributed by atoms with Crippen LogP contribution in [0.3, 0.4) is 0 Å². The highest BCUT2D eigenvalue weighted by molar-refractivity contribution is 6.31. The van der Waals surface area contributed by atoms with Crippen molar-refractivity contribution in [1.29, 1.82) is 0 Å². The molecule has 2 aromatic carbocycles. The van der Waals surface area contributed by atoms with Crippen LogP contribution in [0, 0.1) is 11.6 Å². The van der Waals surface area contributed by atoms with Gasteiger partial charge in [0.15, 0.2) is 23.3 Å². The summed E-state index contributed by atoms with van der Waals surface area (Å²) >= 11 is 13.2. The van der Waals surface area contributed by atoms with Crippen molar-refractivity contribution in [1.82, 2.24) is 40.8 Å². The molecule has 3 unspecified atom stereocenters. The number of anilines is 10. The fourth-order valence-electron chi connectivity index (χ4n) is 8.71. The summed E-state index contributed by atoms with van der Waals surface area (Å²) in [6.07, 6.45) is 10.2. The highest BCUT2D eigenvalue weighted by Gasteiger charge is 2.37. The van der Waals surface area contributed by atoms with Gasteiger partial charge in [0.1, 0.15) is 0 Å². The van der Waals surface area contributed by atoms with Gasteiger partial charge in [0.2, 0.25) is 11.9 Å². The second-order valence-electron chi connectivity index (χ2n) is 17.1. The van der Waals surface area contributed by atoms with Crippen LogP contribution in [-0.4, -0.2) is 120 Å². The van der Waals surface area contributed by atoms with Crippen LogP contribution < -0.4 is 52.2 Å². The summed E-state index contributed by atoms with van der Waals surface area (Å²) in [5.41, 5.74) is 18.5. The molecule has 71 heavy (non-hydrogen) atoms. The number of hydrogen-bond acceptors (Lipinski definition) is 20. The van der Waals surface area contributed by atoms with Crippen molar-refractivity contribution in [3.63, 3.8) is 0 Å². The third-order valence-corrected chi connectivity index (χ3v) is 12.6. The lowest BCUT2D eigenvalue weighted by atomic mass is 10.1. The predicted octanol–water partition coefficient (Wildman–Crippen LogP) is 6.95. The molecule has 0 spiro atoms. The first kappa shape index (κ1) is 47.6. The lowest BCUT2D eigenvalue weighted by molar-refractivity contribution is 0.0239. The number of benzene rings is 2. The van der Waals surface area contributed by atoms with Crippen molar-refractivity contribution in [3.05, 3.63) is 119 Å².